The number of hydrogen-bond donors (Lipinski definition) is 1. The molecule has 0 amide bonds. The molecular weight excluding hydrogens is 186 g/mol. The van der Waals surface area contributed by atoms with Crippen LogP contribution < -0.4 is 4.98 Å². The molecule has 1 N–H and O–H groups in total. The van der Waals surface area contributed by atoms with Gasteiger partial charge in [0.1, 0.15) is 0 Å². The predicted octanol–water partition coefficient (Wildman–Crippen LogP) is 4.10. The first-order valence-electron chi connectivity index (χ1n) is 5.16. The van der Waals surface area contributed by atoms with E-state index in [1.807, 2.05) is 0 Å². The topological polar surface area (TPSA) is 12.0 Å². The van der Waals surface area contributed by atoms with E-state index in [0.29, 0.717) is 5.04 Å². The van der Waals surface area contributed by atoms with Gasteiger partial charge in [-0.1, -0.05) is 52.1 Å². The van der Waals surface area contributed by atoms with Crippen molar-refractivity contribution < 1.29 is 0 Å². The highest BCUT2D eigenvalue weighted by molar-refractivity contribution is 6.83. The average Bonchev–Trinajstić information content (AvgIpc) is 2.03. The van der Waals surface area contributed by atoms with Crippen LogP contribution in [-0.4, -0.2) is 8.24 Å². The van der Waals surface area contributed by atoms with Crippen LogP contribution >= 0.6 is 0 Å². The van der Waals surface area contributed by atoms with Crippen molar-refractivity contribution in [1.82, 2.24) is 0 Å². The van der Waals surface area contributed by atoms with Gasteiger partial charge in [0.15, 0.2) is 8.24 Å². The van der Waals surface area contributed by atoms with Crippen LogP contribution in [0.15, 0.2) is 30.3 Å². The van der Waals surface area contributed by atoms with Crippen molar-refractivity contribution >= 4 is 13.9 Å². The summed E-state index contributed by atoms with van der Waals surface area (Å²) in [6.07, 6.45) is 0. The van der Waals surface area contributed by atoms with E-state index in [4.69, 9.17) is 0 Å². The largest absolute Gasteiger partial charge is 0.410 e. The minimum absolute atomic E-state index is 0.378. The van der Waals surface area contributed by atoms with E-state index >= 15 is 0 Å². The quantitative estimate of drug-likeness (QED) is 0.720. The van der Waals surface area contributed by atoms with Crippen LogP contribution in [0.4, 0.5) is 5.69 Å². The summed E-state index contributed by atoms with van der Waals surface area (Å²) >= 11 is 0. The molecule has 0 radical (unpaired) electrons. The Labute approximate surface area is 88.6 Å². The Morgan fingerprint density at radius 3 is 1.93 bits per heavy atom. The third-order valence-corrected chi connectivity index (χ3v) is 7.77. The van der Waals surface area contributed by atoms with Crippen LogP contribution in [0.5, 0.6) is 0 Å². The Balaban J connectivity index is 2.79. The molecule has 0 fully saturated rings. The molecule has 0 aromatic heterocycles. The molecule has 14 heavy (non-hydrogen) atoms. The Kier molecular flexibility index (Phi) is 3.05. The monoisotopic (exact) mass is 207 g/mol. The van der Waals surface area contributed by atoms with Crippen LogP contribution in [0.1, 0.15) is 20.8 Å². The number of anilines is 1. The second-order valence-electron chi connectivity index (χ2n) is 5.37. The molecule has 1 rings (SSSR count). The summed E-state index contributed by atoms with van der Waals surface area (Å²) in [5.41, 5.74) is 1.25. The van der Waals surface area contributed by atoms with Crippen molar-refractivity contribution in [1.29, 1.82) is 0 Å². The highest BCUT2D eigenvalue weighted by Crippen LogP contribution is 2.36. The van der Waals surface area contributed by atoms with E-state index in [2.05, 4.69) is 69.2 Å². The molecule has 78 valence electrons. The maximum Gasteiger partial charge on any atom is 0.152 e. The molecule has 1 nitrogen and oxygen atoms in total. The number of hydrogen-bond acceptors (Lipinski definition) is 1. The molecule has 0 heterocycles. The fraction of sp³-hybridized carbons (Fsp3) is 0.500. The lowest BCUT2D eigenvalue weighted by Crippen LogP contribution is -2.45. The fourth-order valence-corrected chi connectivity index (χ4v) is 2.33. The van der Waals surface area contributed by atoms with Crippen molar-refractivity contribution in [2.45, 2.75) is 38.9 Å². The molecule has 0 bridgehead atoms. The number of nitrogens with one attached hydrogen (secondary N) is 1. The summed E-state index contributed by atoms with van der Waals surface area (Å²) in [6.45, 7) is 11.7. The van der Waals surface area contributed by atoms with Crippen molar-refractivity contribution in [3.05, 3.63) is 30.3 Å². The van der Waals surface area contributed by atoms with E-state index < -0.39 is 8.24 Å². The molecule has 0 saturated carbocycles. The molecular formula is C12H21NSi. The summed E-state index contributed by atoms with van der Waals surface area (Å²) in [4.78, 5) is 3.70. The first kappa shape index (κ1) is 11.3. The molecule has 0 spiro atoms. The van der Waals surface area contributed by atoms with Gasteiger partial charge in [0.05, 0.1) is 0 Å². The van der Waals surface area contributed by atoms with Gasteiger partial charge in [-0.05, 0) is 17.2 Å². The standard InChI is InChI=1S/C12H21NSi/c1-12(2,3)14(4,5)13-11-9-7-6-8-10-11/h6-10,13H,1-5H3. The van der Waals surface area contributed by atoms with E-state index in [9.17, 15) is 0 Å². The Bertz CT molecular complexity index is 285. The zero-order valence-corrected chi connectivity index (χ0v) is 10.9. The molecule has 0 atom stereocenters. The lowest BCUT2D eigenvalue weighted by Gasteiger charge is -2.38. The Hall–Kier alpha value is -0.763. The summed E-state index contributed by atoms with van der Waals surface area (Å²) in [5, 5.41) is 0.378. The number of para-hydroxylation sites is 1. The lowest BCUT2D eigenvalue weighted by atomic mass is 10.2. The van der Waals surface area contributed by atoms with Gasteiger partial charge in [0.25, 0.3) is 0 Å². The van der Waals surface area contributed by atoms with Crippen LogP contribution in [0.2, 0.25) is 18.1 Å². The average molecular weight is 207 g/mol. The number of rotatable bonds is 2. The molecule has 0 aliphatic rings. The molecule has 1 aromatic carbocycles. The van der Waals surface area contributed by atoms with Crippen molar-refractivity contribution in [3.63, 3.8) is 0 Å². The number of benzene rings is 1. The third kappa shape index (κ3) is 2.61. The normalized spacial score (nSPS) is 12.6. The minimum atomic E-state index is -1.40. The van der Waals surface area contributed by atoms with Gasteiger partial charge in [0.2, 0.25) is 0 Å². The van der Waals surface area contributed by atoms with Crippen molar-refractivity contribution in [3.8, 4) is 0 Å². The van der Waals surface area contributed by atoms with Gasteiger partial charge in [0, 0.05) is 5.69 Å². The maximum atomic E-state index is 3.70. The second-order valence-corrected chi connectivity index (χ2v) is 10.4. The first-order chi connectivity index (χ1) is 6.33. The zero-order chi connectivity index (χ0) is 10.8. The lowest BCUT2D eigenvalue weighted by molar-refractivity contribution is 0.723. The van der Waals surface area contributed by atoms with Gasteiger partial charge in [-0.15, -0.1) is 0 Å². The summed E-state index contributed by atoms with van der Waals surface area (Å²) in [7, 11) is -1.40. The van der Waals surface area contributed by atoms with Gasteiger partial charge in [-0.25, -0.2) is 0 Å². The first-order valence-corrected chi connectivity index (χ1v) is 8.16. The van der Waals surface area contributed by atoms with E-state index in [0.717, 1.165) is 0 Å². The highest BCUT2D eigenvalue weighted by atomic mass is 28.3. The maximum absolute atomic E-state index is 3.70. The minimum Gasteiger partial charge on any atom is -0.410 e. The highest BCUT2D eigenvalue weighted by Gasteiger charge is 2.35. The van der Waals surface area contributed by atoms with Crippen LogP contribution in [0.25, 0.3) is 0 Å². The fourth-order valence-electron chi connectivity index (χ4n) is 1.07. The van der Waals surface area contributed by atoms with Gasteiger partial charge in [-0.3, -0.25) is 0 Å². The Morgan fingerprint density at radius 2 is 1.50 bits per heavy atom. The molecule has 0 unspecified atom stereocenters. The van der Waals surface area contributed by atoms with E-state index in [1.54, 1.807) is 0 Å². The zero-order valence-electron chi connectivity index (χ0n) is 9.89. The molecule has 2 heteroatoms. The van der Waals surface area contributed by atoms with E-state index in [1.165, 1.54) is 5.69 Å². The Morgan fingerprint density at radius 1 is 1.00 bits per heavy atom. The molecule has 1 aromatic rings. The SMILES string of the molecule is CC(C)(C)[Si](C)(C)Nc1ccccc1. The summed E-state index contributed by atoms with van der Waals surface area (Å²) in [6, 6.07) is 10.5. The van der Waals surface area contributed by atoms with Crippen LogP contribution in [0, 0.1) is 0 Å². The molecule has 0 aliphatic heterocycles. The summed E-state index contributed by atoms with van der Waals surface area (Å²) in [5.74, 6) is 0. The molecule has 0 saturated heterocycles. The van der Waals surface area contributed by atoms with Gasteiger partial charge < -0.3 is 4.98 Å². The predicted molar refractivity (Wildman–Crippen MR) is 67.3 cm³/mol. The van der Waals surface area contributed by atoms with Crippen molar-refractivity contribution in [2.24, 2.45) is 0 Å². The second kappa shape index (κ2) is 3.77. The van der Waals surface area contributed by atoms with Crippen LogP contribution in [0.3, 0.4) is 0 Å². The van der Waals surface area contributed by atoms with Gasteiger partial charge >= 0.3 is 0 Å². The van der Waals surface area contributed by atoms with E-state index in [-0.39, 0.29) is 0 Å². The summed E-state index contributed by atoms with van der Waals surface area (Å²) < 4.78 is 0. The smallest absolute Gasteiger partial charge is 0.152 e. The van der Waals surface area contributed by atoms with Crippen LogP contribution in [-0.2, 0) is 0 Å². The third-order valence-electron chi connectivity index (χ3n) is 3.11. The van der Waals surface area contributed by atoms with Crippen molar-refractivity contribution in [2.75, 3.05) is 4.98 Å². The van der Waals surface area contributed by atoms with Gasteiger partial charge in [-0.2, -0.15) is 0 Å². The molecule has 0 aliphatic carbocycles.